The third-order valence-electron chi connectivity index (χ3n) is 3.21. The van der Waals surface area contributed by atoms with Crippen molar-refractivity contribution in [3.63, 3.8) is 0 Å². The summed E-state index contributed by atoms with van der Waals surface area (Å²) in [7, 11) is 0. The van der Waals surface area contributed by atoms with Crippen molar-refractivity contribution in [2.75, 3.05) is 18.8 Å². The van der Waals surface area contributed by atoms with Crippen molar-refractivity contribution in [3.05, 3.63) is 28.2 Å². The van der Waals surface area contributed by atoms with Crippen molar-refractivity contribution in [1.82, 2.24) is 4.90 Å². The third kappa shape index (κ3) is 3.17. The summed E-state index contributed by atoms with van der Waals surface area (Å²) in [6.07, 6.45) is -3.88. The number of anilines is 1. The molecule has 6 heteroatoms. The molecule has 1 heterocycles. The molecule has 0 radical (unpaired) electrons. The Balaban J connectivity index is 1.97. The Morgan fingerprint density at radius 1 is 1.39 bits per heavy atom. The van der Waals surface area contributed by atoms with Gasteiger partial charge in [-0.3, -0.25) is 4.90 Å². The van der Waals surface area contributed by atoms with Gasteiger partial charge in [0.15, 0.2) is 0 Å². The van der Waals surface area contributed by atoms with Crippen LogP contribution in [0.2, 0.25) is 0 Å². The Hall–Kier alpha value is -0.750. The molecule has 1 saturated heterocycles. The molecule has 1 aliphatic heterocycles. The summed E-state index contributed by atoms with van der Waals surface area (Å²) in [6.45, 7) is 1.11. The first kappa shape index (κ1) is 13.7. The zero-order valence-corrected chi connectivity index (χ0v) is 11.3. The van der Waals surface area contributed by atoms with Gasteiger partial charge in [-0.25, -0.2) is 0 Å². The van der Waals surface area contributed by atoms with Crippen LogP contribution in [0, 0.1) is 5.92 Å². The SMILES string of the molecule is Nc1ccc(CN2CCC(C(F)(F)F)C2)cc1Br. The number of likely N-dealkylation sites (tertiary alicyclic amines) is 1. The summed E-state index contributed by atoms with van der Waals surface area (Å²) in [4.78, 5) is 1.83. The van der Waals surface area contributed by atoms with Gasteiger partial charge in [-0.2, -0.15) is 13.2 Å². The lowest BCUT2D eigenvalue weighted by Crippen LogP contribution is -2.27. The summed E-state index contributed by atoms with van der Waals surface area (Å²) in [5, 5.41) is 0. The maximum Gasteiger partial charge on any atom is 0.393 e. The average Bonchev–Trinajstić information content (AvgIpc) is 2.72. The summed E-state index contributed by atoms with van der Waals surface area (Å²) in [5.41, 5.74) is 7.27. The molecule has 0 bridgehead atoms. The lowest BCUT2D eigenvalue weighted by molar-refractivity contribution is -0.170. The lowest BCUT2D eigenvalue weighted by atomic mass is 10.1. The number of nitrogens with zero attached hydrogens (tertiary/aromatic N) is 1. The van der Waals surface area contributed by atoms with Gasteiger partial charge < -0.3 is 5.73 Å². The number of rotatable bonds is 2. The number of hydrogen-bond acceptors (Lipinski definition) is 2. The van der Waals surface area contributed by atoms with Gasteiger partial charge in [-0.05, 0) is 46.6 Å². The molecule has 2 N–H and O–H groups in total. The zero-order valence-electron chi connectivity index (χ0n) is 9.67. The summed E-state index contributed by atoms with van der Waals surface area (Å²) in [6, 6.07) is 5.47. The minimum absolute atomic E-state index is 0.0888. The first-order valence-corrected chi connectivity index (χ1v) is 6.48. The molecule has 1 fully saturated rings. The second-order valence-corrected chi connectivity index (χ2v) is 5.47. The molecular formula is C12H14BrF3N2. The molecule has 0 spiro atoms. The van der Waals surface area contributed by atoms with Crippen LogP contribution < -0.4 is 5.73 Å². The topological polar surface area (TPSA) is 29.3 Å². The van der Waals surface area contributed by atoms with Crippen LogP contribution in [0.5, 0.6) is 0 Å². The van der Waals surface area contributed by atoms with Crippen molar-refractivity contribution in [3.8, 4) is 0 Å². The second kappa shape index (κ2) is 5.09. The van der Waals surface area contributed by atoms with Crippen molar-refractivity contribution in [2.45, 2.75) is 19.1 Å². The molecule has 100 valence electrons. The molecule has 1 aliphatic rings. The van der Waals surface area contributed by atoms with E-state index >= 15 is 0 Å². The Morgan fingerprint density at radius 3 is 2.67 bits per heavy atom. The van der Waals surface area contributed by atoms with Crippen LogP contribution in [0.25, 0.3) is 0 Å². The van der Waals surface area contributed by atoms with E-state index in [4.69, 9.17) is 5.73 Å². The maximum atomic E-state index is 12.5. The number of nitrogens with two attached hydrogens (primary N) is 1. The van der Waals surface area contributed by atoms with Crippen molar-refractivity contribution in [1.29, 1.82) is 0 Å². The molecule has 1 unspecified atom stereocenters. The normalized spacial score (nSPS) is 21.4. The van der Waals surface area contributed by atoms with Gasteiger partial charge in [-0.1, -0.05) is 6.07 Å². The van der Waals surface area contributed by atoms with Gasteiger partial charge in [0, 0.05) is 23.2 Å². The van der Waals surface area contributed by atoms with E-state index in [1.807, 2.05) is 17.0 Å². The predicted molar refractivity (Wildman–Crippen MR) is 68.0 cm³/mol. The highest BCUT2D eigenvalue weighted by Crippen LogP contribution is 2.34. The molecule has 1 atom stereocenters. The summed E-state index contributed by atoms with van der Waals surface area (Å²) < 4.78 is 38.4. The molecule has 0 saturated carbocycles. The third-order valence-corrected chi connectivity index (χ3v) is 3.89. The van der Waals surface area contributed by atoms with Gasteiger partial charge in [0.25, 0.3) is 0 Å². The standard InChI is InChI=1S/C12H14BrF3N2/c13-10-5-8(1-2-11(10)17)6-18-4-3-9(7-18)12(14,15)16/h1-2,5,9H,3-4,6-7,17H2. The highest BCUT2D eigenvalue weighted by atomic mass is 79.9. The van der Waals surface area contributed by atoms with E-state index in [2.05, 4.69) is 15.9 Å². The lowest BCUT2D eigenvalue weighted by Gasteiger charge is -2.18. The highest BCUT2D eigenvalue weighted by molar-refractivity contribution is 9.10. The van der Waals surface area contributed by atoms with Gasteiger partial charge >= 0.3 is 6.18 Å². The van der Waals surface area contributed by atoms with E-state index in [0.29, 0.717) is 18.8 Å². The molecule has 1 aromatic rings. The monoisotopic (exact) mass is 322 g/mol. The van der Waals surface area contributed by atoms with Crippen LogP contribution >= 0.6 is 15.9 Å². The van der Waals surface area contributed by atoms with Crippen LogP contribution in [0.1, 0.15) is 12.0 Å². The molecule has 0 aromatic heterocycles. The Bertz CT molecular complexity index is 434. The molecule has 2 rings (SSSR count). The average molecular weight is 323 g/mol. The van der Waals surface area contributed by atoms with Crippen LogP contribution in [-0.4, -0.2) is 24.2 Å². The minimum atomic E-state index is -4.07. The molecule has 2 nitrogen and oxygen atoms in total. The molecule has 18 heavy (non-hydrogen) atoms. The quantitative estimate of drug-likeness (QED) is 0.845. The first-order valence-electron chi connectivity index (χ1n) is 5.69. The number of alkyl halides is 3. The van der Waals surface area contributed by atoms with E-state index in [0.717, 1.165) is 10.0 Å². The Morgan fingerprint density at radius 2 is 2.11 bits per heavy atom. The smallest absolute Gasteiger partial charge is 0.393 e. The fourth-order valence-corrected chi connectivity index (χ4v) is 2.60. The zero-order chi connectivity index (χ0) is 13.3. The molecular weight excluding hydrogens is 309 g/mol. The van der Waals surface area contributed by atoms with E-state index in [9.17, 15) is 13.2 Å². The first-order chi connectivity index (χ1) is 8.36. The van der Waals surface area contributed by atoms with E-state index < -0.39 is 12.1 Å². The number of hydrogen-bond donors (Lipinski definition) is 1. The fourth-order valence-electron chi connectivity index (χ4n) is 2.17. The van der Waals surface area contributed by atoms with Crippen LogP contribution in [0.4, 0.5) is 18.9 Å². The summed E-state index contributed by atoms with van der Waals surface area (Å²) in [5.74, 6) is -1.19. The second-order valence-electron chi connectivity index (χ2n) is 4.62. The van der Waals surface area contributed by atoms with E-state index in [1.54, 1.807) is 6.07 Å². The molecule has 0 amide bonds. The maximum absolute atomic E-state index is 12.5. The Labute approximate surface area is 112 Å². The number of halogens is 4. The van der Waals surface area contributed by atoms with Gasteiger partial charge in [0.05, 0.1) is 5.92 Å². The van der Waals surface area contributed by atoms with Crippen molar-refractivity contribution < 1.29 is 13.2 Å². The molecule has 1 aromatic carbocycles. The number of benzene rings is 1. The summed E-state index contributed by atoms with van der Waals surface area (Å²) >= 11 is 3.32. The Kier molecular flexibility index (Phi) is 3.87. The number of nitrogen functional groups attached to an aromatic ring is 1. The van der Waals surface area contributed by atoms with Crippen molar-refractivity contribution >= 4 is 21.6 Å². The van der Waals surface area contributed by atoms with Crippen LogP contribution in [-0.2, 0) is 6.54 Å². The fraction of sp³-hybridized carbons (Fsp3) is 0.500. The largest absolute Gasteiger partial charge is 0.398 e. The van der Waals surface area contributed by atoms with Crippen LogP contribution in [0.3, 0.4) is 0 Å². The predicted octanol–water partition coefficient (Wildman–Crippen LogP) is 3.42. The van der Waals surface area contributed by atoms with Gasteiger partial charge in [0.2, 0.25) is 0 Å². The van der Waals surface area contributed by atoms with E-state index in [-0.39, 0.29) is 13.0 Å². The highest BCUT2D eigenvalue weighted by Gasteiger charge is 2.43. The molecule has 0 aliphatic carbocycles. The van der Waals surface area contributed by atoms with Crippen LogP contribution in [0.15, 0.2) is 22.7 Å². The van der Waals surface area contributed by atoms with Gasteiger partial charge in [-0.15, -0.1) is 0 Å². The van der Waals surface area contributed by atoms with Crippen molar-refractivity contribution in [2.24, 2.45) is 5.92 Å². The minimum Gasteiger partial charge on any atom is -0.398 e. The van der Waals surface area contributed by atoms with Gasteiger partial charge in [0.1, 0.15) is 0 Å². The van der Waals surface area contributed by atoms with E-state index in [1.165, 1.54) is 0 Å².